The lowest BCUT2D eigenvalue weighted by Crippen LogP contribution is -2.24. The molecule has 6 heteroatoms. The Morgan fingerprint density at radius 2 is 2.04 bits per heavy atom. The van der Waals surface area contributed by atoms with Crippen molar-refractivity contribution in [3.8, 4) is 5.75 Å². The van der Waals surface area contributed by atoms with E-state index in [9.17, 15) is 0 Å². The van der Waals surface area contributed by atoms with E-state index in [4.69, 9.17) is 20.8 Å². The minimum atomic E-state index is -1.69. The Hall–Kier alpha value is -0.913. The molecule has 0 N–H and O–H groups in total. The molecule has 1 aliphatic rings. The number of nitrogens with zero attached hydrogens (tertiary/aromatic N) is 1. The zero-order valence-electron chi connectivity index (χ0n) is 14.0. The third-order valence-electron chi connectivity index (χ3n) is 3.21. The summed E-state index contributed by atoms with van der Waals surface area (Å²) in [5.74, 6) is 3.56. The molecule has 0 saturated carbocycles. The predicted octanol–water partition coefficient (Wildman–Crippen LogP) is 5.36. The fourth-order valence-corrected chi connectivity index (χ4v) is 4.23. The van der Waals surface area contributed by atoms with Gasteiger partial charge in [0.15, 0.2) is 5.88 Å². The van der Waals surface area contributed by atoms with Gasteiger partial charge in [0, 0.05) is 16.8 Å². The van der Waals surface area contributed by atoms with Gasteiger partial charge in [0.25, 0.3) is 0 Å². The summed E-state index contributed by atoms with van der Waals surface area (Å²) >= 11 is 8.10. The number of ether oxygens (including phenoxy) is 1. The summed E-state index contributed by atoms with van der Waals surface area (Å²) < 4.78 is 11.9. The number of hydrogen-bond acceptors (Lipinski definition) is 4. The van der Waals surface area contributed by atoms with Crippen LogP contribution >= 0.6 is 23.4 Å². The first-order valence-electron chi connectivity index (χ1n) is 7.79. The smallest absolute Gasteiger partial charge is 0.244 e. The van der Waals surface area contributed by atoms with Gasteiger partial charge in [0.2, 0.25) is 8.32 Å². The third kappa shape index (κ3) is 6.61. The Morgan fingerprint density at radius 1 is 1.35 bits per heavy atom. The molecule has 126 valence electrons. The average Bonchev–Trinajstić information content (AvgIpc) is 2.47. The molecule has 0 bridgehead atoms. The van der Waals surface area contributed by atoms with Crippen molar-refractivity contribution >= 4 is 37.9 Å². The molecule has 3 nitrogen and oxygen atoms in total. The maximum atomic E-state index is 6.15. The first-order valence-corrected chi connectivity index (χ1v) is 12.7. The van der Waals surface area contributed by atoms with Gasteiger partial charge in [-0.15, -0.1) is 0 Å². The van der Waals surface area contributed by atoms with E-state index < -0.39 is 8.32 Å². The molecular formula is C17H24ClNO2SSi. The van der Waals surface area contributed by atoms with E-state index >= 15 is 0 Å². The fraction of sp³-hybridized carbons (Fsp3) is 0.471. The number of aliphatic imine (C=N–C) groups is 1. The van der Waals surface area contributed by atoms with Crippen LogP contribution in [-0.2, 0) is 4.43 Å². The van der Waals surface area contributed by atoms with Gasteiger partial charge >= 0.3 is 0 Å². The molecule has 2 rings (SSSR count). The Kier molecular flexibility index (Phi) is 6.62. The third-order valence-corrected chi connectivity index (χ3v) is 5.34. The van der Waals surface area contributed by atoms with Crippen molar-refractivity contribution in [2.75, 3.05) is 11.5 Å². The SMILES string of the molecule is C=C(N=Cc1cc(Cl)ccc1OC1CCSCC1)O[Si](C)(C)C. The predicted molar refractivity (Wildman–Crippen MR) is 104 cm³/mol. The Balaban J connectivity index is 2.10. The van der Waals surface area contributed by atoms with Crippen molar-refractivity contribution in [2.24, 2.45) is 4.99 Å². The van der Waals surface area contributed by atoms with Crippen LogP contribution < -0.4 is 4.74 Å². The van der Waals surface area contributed by atoms with Crippen LogP contribution in [0.2, 0.25) is 24.7 Å². The summed E-state index contributed by atoms with van der Waals surface area (Å²) in [6.07, 6.45) is 4.15. The van der Waals surface area contributed by atoms with Crippen LogP contribution in [0.3, 0.4) is 0 Å². The molecule has 0 spiro atoms. The van der Waals surface area contributed by atoms with Gasteiger partial charge < -0.3 is 9.16 Å². The number of rotatable bonds is 6. The van der Waals surface area contributed by atoms with Crippen molar-refractivity contribution < 1.29 is 9.16 Å². The average molecular weight is 370 g/mol. The molecule has 0 radical (unpaired) electrons. The largest absolute Gasteiger partial charge is 0.532 e. The topological polar surface area (TPSA) is 30.8 Å². The normalized spacial score (nSPS) is 16.5. The number of thioether (sulfide) groups is 1. The second kappa shape index (κ2) is 8.26. The molecule has 23 heavy (non-hydrogen) atoms. The number of halogens is 1. The van der Waals surface area contributed by atoms with Gasteiger partial charge in [-0.1, -0.05) is 11.6 Å². The highest BCUT2D eigenvalue weighted by atomic mass is 35.5. The highest BCUT2D eigenvalue weighted by molar-refractivity contribution is 7.99. The second-order valence-electron chi connectivity index (χ2n) is 6.48. The van der Waals surface area contributed by atoms with Crippen LogP contribution in [0, 0.1) is 0 Å². The molecule has 1 aliphatic heterocycles. The molecule has 0 atom stereocenters. The lowest BCUT2D eigenvalue weighted by Gasteiger charge is -2.23. The van der Waals surface area contributed by atoms with Crippen LogP contribution in [0.4, 0.5) is 0 Å². The van der Waals surface area contributed by atoms with Gasteiger partial charge in [-0.2, -0.15) is 11.8 Å². The zero-order chi connectivity index (χ0) is 16.9. The standard InChI is InChI=1S/C17H24ClNO2SSi/c1-13(21-23(2,3)4)19-12-14-11-15(18)5-6-17(14)20-16-7-9-22-10-8-16/h5-6,11-12,16H,1,7-10H2,2-4H3. The Morgan fingerprint density at radius 3 is 2.70 bits per heavy atom. The van der Waals surface area contributed by atoms with Gasteiger partial charge in [0.1, 0.15) is 11.9 Å². The van der Waals surface area contributed by atoms with Crippen LogP contribution in [0.1, 0.15) is 18.4 Å². The number of hydrogen-bond donors (Lipinski definition) is 0. The minimum absolute atomic E-state index is 0.269. The fourth-order valence-electron chi connectivity index (χ4n) is 2.22. The molecule has 1 aromatic carbocycles. The highest BCUT2D eigenvalue weighted by Gasteiger charge is 2.18. The first-order chi connectivity index (χ1) is 10.8. The van der Waals surface area contributed by atoms with E-state index in [0.717, 1.165) is 35.7 Å². The maximum Gasteiger partial charge on any atom is 0.244 e. The summed E-state index contributed by atoms with van der Waals surface area (Å²) in [6.45, 7) is 10.2. The summed E-state index contributed by atoms with van der Waals surface area (Å²) in [5.41, 5.74) is 0.857. The minimum Gasteiger partial charge on any atom is -0.532 e. The summed E-state index contributed by atoms with van der Waals surface area (Å²) in [5, 5.41) is 0.662. The van der Waals surface area contributed by atoms with Gasteiger partial charge in [0.05, 0.1) is 0 Å². The molecule has 0 aromatic heterocycles. The molecular weight excluding hydrogens is 346 g/mol. The summed E-state index contributed by atoms with van der Waals surface area (Å²) in [4.78, 5) is 4.32. The lowest BCUT2D eigenvalue weighted by molar-refractivity contribution is 0.192. The first kappa shape index (κ1) is 18.4. The molecule has 1 fully saturated rings. The quantitative estimate of drug-likeness (QED) is 0.384. The van der Waals surface area contributed by atoms with Gasteiger partial charge in [-0.05, 0) is 68.8 Å². The molecule has 0 aliphatic carbocycles. The molecule has 1 aromatic rings. The summed E-state index contributed by atoms with van der Waals surface area (Å²) in [6, 6.07) is 5.62. The second-order valence-corrected chi connectivity index (χ2v) is 12.6. The Labute approximate surface area is 149 Å². The molecule has 1 saturated heterocycles. The van der Waals surface area contributed by atoms with E-state index in [0.29, 0.717) is 10.9 Å². The Bertz CT molecular complexity index is 580. The van der Waals surface area contributed by atoms with Crippen molar-refractivity contribution in [3.05, 3.63) is 41.2 Å². The van der Waals surface area contributed by atoms with Crippen molar-refractivity contribution in [2.45, 2.75) is 38.6 Å². The van der Waals surface area contributed by atoms with Crippen molar-refractivity contribution in [1.29, 1.82) is 0 Å². The van der Waals surface area contributed by atoms with Crippen LogP contribution in [0.25, 0.3) is 0 Å². The van der Waals surface area contributed by atoms with E-state index in [1.807, 2.05) is 30.0 Å². The van der Waals surface area contributed by atoms with E-state index in [2.05, 4.69) is 31.2 Å². The monoisotopic (exact) mass is 369 g/mol. The van der Waals surface area contributed by atoms with E-state index in [-0.39, 0.29) is 6.10 Å². The van der Waals surface area contributed by atoms with E-state index in [1.54, 1.807) is 6.21 Å². The lowest BCUT2D eigenvalue weighted by atomic mass is 10.2. The van der Waals surface area contributed by atoms with Gasteiger partial charge in [-0.25, -0.2) is 4.99 Å². The van der Waals surface area contributed by atoms with Crippen molar-refractivity contribution in [3.63, 3.8) is 0 Å². The van der Waals surface area contributed by atoms with Gasteiger partial charge in [-0.3, -0.25) is 0 Å². The zero-order valence-corrected chi connectivity index (χ0v) is 16.5. The summed E-state index contributed by atoms with van der Waals surface area (Å²) in [7, 11) is -1.69. The van der Waals surface area contributed by atoms with Crippen molar-refractivity contribution in [1.82, 2.24) is 0 Å². The molecule has 1 heterocycles. The van der Waals surface area contributed by atoms with Crippen LogP contribution in [-0.4, -0.2) is 32.1 Å². The molecule has 0 unspecified atom stereocenters. The maximum absolute atomic E-state index is 6.15. The van der Waals surface area contributed by atoms with Crippen LogP contribution in [0.15, 0.2) is 35.7 Å². The number of benzene rings is 1. The highest BCUT2D eigenvalue weighted by Crippen LogP contribution is 2.27. The molecule has 0 amide bonds. The van der Waals surface area contributed by atoms with Crippen LogP contribution in [0.5, 0.6) is 5.75 Å². The van der Waals surface area contributed by atoms with E-state index in [1.165, 1.54) is 0 Å².